The standard InChI is InChI=1S/C2H2O4.Na/c3-1(4)2(5)6;/h(H,3,4)(H,5,6);/q;+1. The van der Waals surface area contributed by atoms with E-state index in [1.165, 1.54) is 0 Å². The van der Waals surface area contributed by atoms with Crippen molar-refractivity contribution in [2.75, 3.05) is 0 Å². The molecule has 0 unspecified atom stereocenters. The van der Waals surface area contributed by atoms with Crippen molar-refractivity contribution in [3.8, 4) is 0 Å². The zero-order chi connectivity index (χ0) is 5.15. The van der Waals surface area contributed by atoms with E-state index in [4.69, 9.17) is 19.8 Å². The summed E-state index contributed by atoms with van der Waals surface area (Å²) in [7, 11) is 0. The Kier molecular flexibility index (Phi) is 5.89. The molecule has 0 spiro atoms. The van der Waals surface area contributed by atoms with Gasteiger partial charge in [-0.05, 0) is 0 Å². The minimum absolute atomic E-state index is 0. The van der Waals surface area contributed by atoms with Crippen LogP contribution in [0.1, 0.15) is 0 Å². The molecule has 0 aromatic rings. The second kappa shape index (κ2) is 4.11. The van der Waals surface area contributed by atoms with Gasteiger partial charge in [-0.15, -0.1) is 0 Å². The topological polar surface area (TPSA) is 74.6 Å². The molecule has 0 atom stereocenters. The van der Waals surface area contributed by atoms with Gasteiger partial charge in [0.25, 0.3) is 0 Å². The van der Waals surface area contributed by atoms with Gasteiger partial charge in [0.1, 0.15) is 0 Å². The van der Waals surface area contributed by atoms with Crippen molar-refractivity contribution in [3.05, 3.63) is 0 Å². The monoisotopic (exact) mass is 113 g/mol. The van der Waals surface area contributed by atoms with Gasteiger partial charge in [0.05, 0.1) is 0 Å². The molecule has 7 heavy (non-hydrogen) atoms. The first kappa shape index (κ1) is 10.0. The maximum absolute atomic E-state index is 9.10. The largest absolute Gasteiger partial charge is 1.00 e. The normalized spacial score (nSPS) is 6.29. The number of carboxylic acids is 2. The third kappa shape index (κ3) is 5.94. The summed E-state index contributed by atoms with van der Waals surface area (Å²) in [6, 6.07) is 0. The van der Waals surface area contributed by atoms with E-state index in [0.29, 0.717) is 0 Å². The number of carboxylic acid groups (broad SMARTS) is 2. The zero-order valence-electron chi connectivity index (χ0n) is 3.71. The number of aliphatic carboxylic acids is 2. The fraction of sp³-hybridized carbons (Fsp3) is 0. The van der Waals surface area contributed by atoms with Gasteiger partial charge >= 0.3 is 41.5 Å². The Morgan fingerprint density at radius 2 is 1.14 bits per heavy atom. The fourth-order valence-electron chi connectivity index (χ4n) is 0. The van der Waals surface area contributed by atoms with E-state index in [-0.39, 0.29) is 29.6 Å². The van der Waals surface area contributed by atoms with Gasteiger partial charge in [0.15, 0.2) is 0 Å². The molecule has 0 fully saturated rings. The number of carbonyl (C=O) groups is 2. The zero-order valence-corrected chi connectivity index (χ0v) is 5.71. The van der Waals surface area contributed by atoms with Crippen LogP contribution in [0, 0.1) is 0 Å². The van der Waals surface area contributed by atoms with Gasteiger partial charge in [-0.1, -0.05) is 0 Å². The summed E-state index contributed by atoms with van der Waals surface area (Å²) in [5.41, 5.74) is 0. The predicted octanol–water partition coefficient (Wildman–Crippen LogP) is -3.84. The van der Waals surface area contributed by atoms with E-state index < -0.39 is 11.9 Å². The number of rotatable bonds is 0. The van der Waals surface area contributed by atoms with Crippen molar-refractivity contribution in [3.63, 3.8) is 0 Å². The van der Waals surface area contributed by atoms with E-state index in [0.717, 1.165) is 0 Å². The van der Waals surface area contributed by atoms with Gasteiger partial charge < -0.3 is 10.2 Å². The van der Waals surface area contributed by atoms with E-state index >= 15 is 0 Å². The molecule has 0 aromatic carbocycles. The van der Waals surface area contributed by atoms with Crippen molar-refractivity contribution in [2.45, 2.75) is 0 Å². The summed E-state index contributed by atoms with van der Waals surface area (Å²) in [5.74, 6) is -3.65. The van der Waals surface area contributed by atoms with Crippen LogP contribution < -0.4 is 29.6 Å². The molecule has 34 valence electrons. The van der Waals surface area contributed by atoms with Crippen LogP contribution >= 0.6 is 0 Å². The molecule has 0 bridgehead atoms. The van der Waals surface area contributed by atoms with Crippen LogP contribution in [-0.4, -0.2) is 22.2 Å². The SMILES string of the molecule is O=C(O)C(=O)O.[Na+]. The summed E-state index contributed by atoms with van der Waals surface area (Å²) >= 11 is 0. The van der Waals surface area contributed by atoms with Crippen molar-refractivity contribution >= 4 is 11.9 Å². The molecule has 0 saturated carbocycles. The maximum Gasteiger partial charge on any atom is 1.00 e. The molecule has 0 saturated heterocycles. The maximum atomic E-state index is 9.10. The summed E-state index contributed by atoms with van der Waals surface area (Å²) in [6.07, 6.45) is 0. The molecular weight excluding hydrogens is 111 g/mol. The molecule has 0 amide bonds. The molecule has 5 heteroatoms. The summed E-state index contributed by atoms with van der Waals surface area (Å²) in [5, 5.41) is 14.8. The Balaban J connectivity index is 0. The van der Waals surface area contributed by atoms with Crippen LogP contribution in [0.5, 0.6) is 0 Å². The number of hydrogen-bond donors (Lipinski definition) is 2. The van der Waals surface area contributed by atoms with Gasteiger partial charge in [-0.2, -0.15) is 0 Å². The molecule has 0 aliphatic carbocycles. The predicted molar refractivity (Wildman–Crippen MR) is 15.3 cm³/mol. The molecule has 0 radical (unpaired) electrons. The third-order valence-corrected chi connectivity index (χ3v) is 0.183. The second-order valence-electron chi connectivity index (χ2n) is 0.610. The minimum Gasteiger partial charge on any atom is -0.473 e. The summed E-state index contributed by atoms with van der Waals surface area (Å²) < 4.78 is 0. The minimum atomic E-state index is -1.82. The van der Waals surface area contributed by atoms with Crippen molar-refractivity contribution in [1.29, 1.82) is 0 Å². The summed E-state index contributed by atoms with van der Waals surface area (Å²) in [4.78, 5) is 18.2. The van der Waals surface area contributed by atoms with Crippen molar-refractivity contribution < 1.29 is 49.4 Å². The Morgan fingerprint density at radius 3 is 1.14 bits per heavy atom. The van der Waals surface area contributed by atoms with Gasteiger partial charge in [-0.25, -0.2) is 9.59 Å². The van der Waals surface area contributed by atoms with Crippen LogP contribution in [0.3, 0.4) is 0 Å². The van der Waals surface area contributed by atoms with E-state index in [1.54, 1.807) is 0 Å². The van der Waals surface area contributed by atoms with Gasteiger partial charge in [0, 0.05) is 0 Å². The van der Waals surface area contributed by atoms with E-state index in [2.05, 4.69) is 0 Å². The first-order chi connectivity index (χ1) is 2.64. The molecular formula is C2H2NaO4+. The molecule has 4 nitrogen and oxygen atoms in total. The van der Waals surface area contributed by atoms with Crippen LogP contribution in [0.15, 0.2) is 0 Å². The Labute approximate surface area is 61.4 Å². The third-order valence-electron chi connectivity index (χ3n) is 0.183. The van der Waals surface area contributed by atoms with Crippen molar-refractivity contribution in [2.24, 2.45) is 0 Å². The Hall–Kier alpha value is -0.0600. The smallest absolute Gasteiger partial charge is 0.473 e. The fourth-order valence-corrected chi connectivity index (χ4v) is 0. The molecule has 2 N–H and O–H groups in total. The van der Waals surface area contributed by atoms with Crippen LogP contribution in [0.25, 0.3) is 0 Å². The average molecular weight is 113 g/mol. The van der Waals surface area contributed by atoms with Gasteiger partial charge in [-0.3, -0.25) is 0 Å². The van der Waals surface area contributed by atoms with E-state index in [1.807, 2.05) is 0 Å². The molecule has 0 aromatic heterocycles. The number of hydrogen-bond acceptors (Lipinski definition) is 2. The van der Waals surface area contributed by atoms with Gasteiger partial charge in [0.2, 0.25) is 0 Å². The molecule has 0 aliphatic heterocycles. The van der Waals surface area contributed by atoms with Crippen LogP contribution in [0.4, 0.5) is 0 Å². The molecule has 0 aliphatic rings. The molecule has 0 rings (SSSR count). The Morgan fingerprint density at radius 1 is 1.00 bits per heavy atom. The molecule has 0 heterocycles. The van der Waals surface area contributed by atoms with Crippen LogP contribution in [0.2, 0.25) is 0 Å². The second-order valence-corrected chi connectivity index (χ2v) is 0.610. The quantitative estimate of drug-likeness (QED) is 0.249. The van der Waals surface area contributed by atoms with E-state index in [9.17, 15) is 0 Å². The van der Waals surface area contributed by atoms with Crippen LogP contribution in [-0.2, 0) is 9.59 Å². The van der Waals surface area contributed by atoms with Crippen molar-refractivity contribution in [1.82, 2.24) is 0 Å². The Bertz CT molecular complexity index is 75.7. The first-order valence-electron chi connectivity index (χ1n) is 1.11. The summed E-state index contributed by atoms with van der Waals surface area (Å²) in [6.45, 7) is 0. The first-order valence-corrected chi connectivity index (χ1v) is 1.11. The average Bonchev–Trinajstić information content (AvgIpc) is 1.36.